The Kier molecular flexibility index (Phi) is 10.4. The molecule has 0 bridgehead atoms. The average molecular weight is 601 g/mol. The van der Waals surface area contributed by atoms with E-state index >= 15 is 0 Å². The minimum Gasteiger partial charge on any atom is -0.494 e. The van der Waals surface area contributed by atoms with Gasteiger partial charge < -0.3 is 24.6 Å². The smallest absolute Gasteiger partial charge is 0.419 e. The van der Waals surface area contributed by atoms with Crippen molar-refractivity contribution in [3.63, 3.8) is 0 Å². The fourth-order valence-electron chi connectivity index (χ4n) is 3.57. The zero-order valence-corrected chi connectivity index (χ0v) is 22.5. The second-order valence-electron chi connectivity index (χ2n) is 8.91. The first-order valence-corrected chi connectivity index (χ1v) is 13.8. The molecule has 3 N–H and O–H groups in total. The first-order chi connectivity index (χ1) is 18.2. The van der Waals surface area contributed by atoms with Gasteiger partial charge in [0.1, 0.15) is 11.5 Å². The van der Waals surface area contributed by atoms with Crippen LogP contribution in [0.5, 0.6) is 11.5 Å². The first kappa shape index (κ1) is 31.3. The highest BCUT2D eigenvalue weighted by Gasteiger charge is 2.38. The van der Waals surface area contributed by atoms with E-state index in [9.17, 15) is 30.9 Å². The van der Waals surface area contributed by atoms with Gasteiger partial charge >= 0.3 is 20.6 Å². The maximum absolute atomic E-state index is 13.8. The van der Waals surface area contributed by atoms with Gasteiger partial charge in [-0.15, -0.1) is 0 Å². The molecular formula is C24H27F6N2O5PS. The number of thioether (sulfide) groups is 1. The number of ether oxygens (including phenoxy) is 2. The third-order valence-corrected chi connectivity index (χ3v) is 7.46. The molecule has 2 unspecified atom stereocenters. The highest BCUT2D eigenvalue weighted by atomic mass is 32.2. The highest BCUT2D eigenvalue weighted by Crippen LogP contribution is 2.43. The van der Waals surface area contributed by atoms with Crippen molar-refractivity contribution in [1.29, 1.82) is 0 Å². The molecule has 0 aliphatic carbocycles. The number of benzene rings is 2. The molecule has 3 atom stereocenters. The lowest BCUT2D eigenvalue weighted by Crippen LogP contribution is -2.46. The minimum absolute atomic E-state index is 0.0458. The van der Waals surface area contributed by atoms with E-state index in [-0.39, 0.29) is 37.9 Å². The Balaban J connectivity index is 1.54. The predicted molar refractivity (Wildman–Crippen MR) is 136 cm³/mol. The molecule has 2 aromatic rings. The van der Waals surface area contributed by atoms with Crippen LogP contribution in [-0.2, 0) is 21.4 Å². The van der Waals surface area contributed by atoms with Gasteiger partial charge in [-0.2, -0.15) is 26.3 Å². The van der Waals surface area contributed by atoms with E-state index in [1.165, 1.54) is 24.3 Å². The normalized spacial score (nSPS) is 18.4. The minimum atomic E-state index is -4.69. The lowest BCUT2D eigenvalue weighted by molar-refractivity contribution is -0.139. The Morgan fingerprint density at radius 1 is 1.05 bits per heavy atom. The molecule has 1 heterocycles. The molecule has 0 saturated heterocycles. The Labute approximate surface area is 225 Å². The van der Waals surface area contributed by atoms with Gasteiger partial charge in [-0.05, 0) is 55.7 Å². The average Bonchev–Trinajstić information content (AvgIpc) is 3.35. The van der Waals surface area contributed by atoms with Gasteiger partial charge in [-0.1, -0.05) is 23.9 Å². The second-order valence-corrected chi connectivity index (χ2v) is 10.9. The number of nitrogens with two attached hydrogens (primary N) is 1. The van der Waals surface area contributed by atoms with Crippen molar-refractivity contribution < 1.29 is 49.8 Å². The van der Waals surface area contributed by atoms with Crippen LogP contribution < -0.4 is 15.2 Å². The van der Waals surface area contributed by atoms with Crippen molar-refractivity contribution in [2.45, 2.75) is 42.9 Å². The summed E-state index contributed by atoms with van der Waals surface area (Å²) in [5.74, 6) is -0.302. The number of halogens is 6. The van der Waals surface area contributed by atoms with Gasteiger partial charge in [0, 0.05) is 0 Å². The quantitative estimate of drug-likeness (QED) is 0.168. The van der Waals surface area contributed by atoms with Crippen LogP contribution in [0.4, 0.5) is 26.3 Å². The molecule has 0 aromatic heterocycles. The maximum Gasteiger partial charge on any atom is 0.419 e. The summed E-state index contributed by atoms with van der Waals surface area (Å²) in [4.78, 5) is 13.2. The summed E-state index contributed by atoms with van der Waals surface area (Å²) in [5, 5.41) is -0.0471. The number of alkyl halides is 6. The zero-order valence-electron chi connectivity index (χ0n) is 20.6. The maximum atomic E-state index is 13.8. The van der Waals surface area contributed by atoms with E-state index in [0.717, 1.165) is 30.0 Å². The third-order valence-electron chi connectivity index (χ3n) is 5.55. The molecule has 39 heavy (non-hydrogen) atoms. The monoisotopic (exact) mass is 600 g/mol. The standard InChI is InChI=1S/C24H27F6N2O5PS/c1-22(31,14-37-38(33)34)21-32-13-20(39-21)15-7-8-19(18(11-15)24(28,29)30)36-10-3-2-9-35-17-6-4-5-16(12-17)23(25,26)27/h4-8,11-12,20,38H,2-3,9-10,13-14,31H2,1H3,(H,33,34)/t20?,22-/m0/s1. The van der Waals surface area contributed by atoms with Crippen molar-refractivity contribution in [2.24, 2.45) is 10.7 Å². The summed E-state index contributed by atoms with van der Waals surface area (Å²) in [6.45, 7) is 1.46. The first-order valence-electron chi connectivity index (χ1n) is 11.7. The van der Waals surface area contributed by atoms with Gasteiger partial charge in [0.15, 0.2) is 0 Å². The molecule has 0 radical (unpaired) electrons. The molecule has 0 spiro atoms. The summed E-state index contributed by atoms with van der Waals surface area (Å²) < 4.78 is 106. The van der Waals surface area contributed by atoms with Gasteiger partial charge in [0.25, 0.3) is 0 Å². The van der Waals surface area contributed by atoms with E-state index in [1.807, 2.05) is 0 Å². The lowest BCUT2D eigenvalue weighted by atomic mass is 10.1. The third kappa shape index (κ3) is 9.14. The van der Waals surface area contributed by atoms with Crippen LogP contribution in [0.25, 0.3) is 0 Å². The molecule has 0 saturated carbocycles. The van der Waals surface area contributed by atoms with Crippen LogP contribution in [0.15, 0.2) is 47.5 Å². The number of aliphatic imine (C=N–C) groups is 1. The summed E-state index contributed by atoms with van der Waals surface area (Å²) in [6.07, 6.45) is -8.52. The molecular weight excluding hydrogens is 573 g/mol. The Morgan fingerprint density at radius 3 is 2.38 bits per heavy atom. The van der Waals surface area contributed by atoms with Crippen LogP contribution in [0, 0.1) is 0 Å². The molecule has 1 aliphatic rings. The fraction of sp³-hybridized carbons (Fsp3) is 0.458. The van der Waals surface area contributed by atoms with Crippen LogP contribution >= 0.6 is 20.0 Å². The summed E-state index contributed by atoms with van der Waals surface area (Å²) in [6, 6.07) is 8.16. The van der Waals surface area contributed by atoms with E-state index in [4.69, 9.17) is 24.6 Å². The summed E-state index contributed by atoms with van der Waals surface area (Å²) in [7, 11) is -3.20. The van der Waals surface area contributed by atoms with Gasteiger partial charge in [-0.3, -0.25) is 9.56 Å². The predicted octanol–water partition coefficient (Wildman–Crippen LogP) is 6.26. The van der Waals surface area contributed by atoms with Crippen molar-refractivity contribution in [2.75, 3.05) is 26.4 Å². The van der Waals surface area contributed by atoms with Crippen LogP contribution in [0.1, 0.15) is 41.7 Å². The van der Waals surface area contributed by atoms with E-state index in [2.05, 4.69) is 4.99 Å². The van der Waals surface area contributed by atoms with Crippen molar-refractivity contribution in [3.8, 4) is 11.5 Å². The SMILES string of the molecule is C[C@](N)(CO[PH](=O)O)C1=NCC(c2ccc(OCCCCOc3cccc(C(F)(F)F)c3)c(C(F)(F)F)c2)S1. The fourth-order valence-corrected chi connectivity index (χ4v) is 5.17. The Morgan fingerprint density at radius 2 is 1.74 bits per heavy atom. The van der Waals surface area contributed by atoms with Crippen molar-refractivity contribution in [3.05, 3.63) is 59.2 Å². The van der Waals surface area contributed by atoms with Crippen molar-refractivity contribution in [1.82, 2.24) is 0 Å². The zero-order chi connectivity index (χ0) is 28.8. The Bertz CT molecular complexity index is 1190. The van der Waals surface area contributed by atoms with Crippen LogP contribution in [0.2, 0.25) is 0 Å². The lowest BCUT2D eigenvalue weighted by Gasteiger charge is -2.24. The van der Waals surface area contributed by atoms with E-state index in [1.54, 1.807) is 6.92 Å². The van der Waals surface area contributed by atoms with E-state index < -0.39 is 42.5 Å². The number of nitrogens with zero attached hydrogens (tertiary/aromatic N) is 1. The summed E-state index contributed by atoms with van der Waals surface area (Å²) in [5.41, 5.74) is 3.51. The molecule has 15 heteroatoms. The molecule has 7 nitrogen and oxygen atoms in total. The van der Waals surface area contributed by atoms with Gasteiger partial charge in [0.2, 0.25) is 0 Å². The molecule has 0 amide bonds. The largest absolute Gasteiger partial charge is 0.494 e. The van der Waals surface area contributed by atoms with Crippen LogP contribution in [0.3, 0.4) is 0 Å². The second kappa shape index (κ2) is 12.9. The molecule has 3 rings (SSSR count). The number of unbranched alkanes of at least 4 members (excludes halogenated alkanes) is 1. The number of hydrogen-bond acceptors (Lipinski definition) is 7. The van der Waals surface area contributed by atoms with Gasteiger partial charge in [-0.25, -0.2) is 0 Å². The topological polar surface area (TPSA) is 103 Å². The Hall–Kier alpha value is -2.25. The molecule has 0 fully saturated rings. The summed E-state index contributed by atoms with van der Waals surface area (Å²) >= 11 is 1.16. The molecule has 216 valence electrons. The molecule has 2 aromatic carbocycles. The van der Waals surface area contributed by atoms with Gasteiger partial charge in [0.05, 0.1) is 53.3 Å². The number of hydrogen-bond donors (Lipinski definition) is 2. The molecule has 1 aliphatic heterocycles. The highest BCUT2D eigenvalue weighted by molar-refractivity contribution is 8.14. The van der Waals surface area contributed by atoms with E-state index in [0.29, 0.717) is 23.4 Å². The van der Waals surface area contributed by atoms with Crippen LogP contribution in [-0.4, -0.2) is 41.8 Å². The number of rotatable bonds is 12. The van der Waals surface area contributed by atoms with Crippen molar-refractivity contribution >= 4 is 25.1 Å².